The van der Waals surface area contributed by atoms with Gasteiger partial charge in [0.25, 0.3) is 0 Å². The Labute approximate surface area is 155 Å². The fourth-order valence-electron chi connectivity index (χ4n) is 3.98. The number of ether oxygens (including phenoxy) is 1. The number of nitrogens with one attached hydrogen (secondary N) is 1. The van der Waals surface area contributed by atoms with Crippen LogP contribution in [0.25, 0.3) is 0 Å². The van der Waals surface area contributed by atoms with Crippen molar-refractivity contribution >= 4 is 17.4 Å². The minimum atomic E-state index is 0.107. The summed E-state index contributed by atoms with van der Waals surface area (Å²) in [4.78, 5) is 18.5. The summed E-state index contributed by atoms with van der Waals surface area (Å²) in [6.45, 7) is 5.18. The molecule has 25 heavy (non-hydrogen) atoms. The Morgan fingerprint density at radius 2 is 2.04 bits per heavy atom. The van der Waals surface area contributed by atoms with Gasteiger partial charge in [0.2, 0.25) is 0 Å². The summed E-state index contributed by atoms with van der Waals surface area (Å²) in [5, 5.41) is 5.49. The Bertz CT molecular complexity index is 509. The number of hydrogen-bond donors (Lipinski definition) is 1. The molecule has 2 amide bonds. The van der Waals surface area contributed by atoms with E-state index in [1.165, 1.54) is 37.0 Å². The van der Waals surface area contributed by atoms with E-state index in [0.717, 1.165) is 39.3 Å². The molecule has 0 aromatic carbocycles. The molecule has 5 nitrogen and oxygen atoms in total. The first-order valence-corrected chi connectivity index (χ1v) is 10.5. The average molecular weight is 366 g/mol. The first-order valence-electron chi connectivity index (χ1n) is 9.58. The number of nitrogens with zero attached hydrogens (tertiary/aromatic N) is 2. The highest BCUT2D eigenvalue weighted by molar-refractivity contribution is 7.10. The molecule has 2 aliphatic rings. The van der Waals surface area contributed by atoms with Crippen molar-refractivity contribution in [1.29, 1.82) is 0 Å². The third kappa shape index (κ3) is 5.19. The summed E-state index contributed by atoms with van der Waals surface area (Å²) in [6.07, 6.45) is 6.38. The van der Waals surface area contributed by atoms with Crippen molar-refractivity contribution in [3.8, 4) is 0 Å². The maximum absolute atomic E-state index is 12.8. The zero-order chi connectivity index (χ0) is 17.5. The minimum absolute atomic E-state index is 0.107. The molecule has 0 spiro atoms. The van der Waals surface area contributed by atoms with Gasteiger partial charge in [-0.25, -0.2) is 4.79 Å². The van der Waals surface area contributed by atoms with E-state index in [2.05, 4.69) is 27.7 Å². The van der Waals surface area contributed by atoms with Crippen molar-refractivity contribution in [2.75, 3.05) is 46.4 Å². The molecule has 1 aliphatic carbocycles. The fourth-order valence-corrected chi connectivity index (χ4v) is 4.85. The molecule has 0 unspecified atom stereocenters. The molecule has 2 fully saturated rings. The number of carbonyl (C=O) groups excluding carboxylic acids is 1. The van der Waals surface area contributed by atoms with E-state index in [1.807, 2.05) is 4.90 Å². The molecular formula is C19H31N3O2S. The van der Waals surface area contributed by atoms with Crippen LogP contribution in [-0.4, -0.2) is 62.3 Å². The maximum atomic E-state index is 12.8. The number of thiophene rings is 1. The second kappa shape index (κ2) is 9.55. The van der Waals surface area contributed by atoms with Crippen LogP contribution in [0.3, 0.4) is 0 Å². The van der Waals surface area contributed by atoms with E-state index in [0.29, 0.717) is 5.92 Å². The monoisotopic (exact) mass is 365 g/mol. The van der Waals surface area contributed by atoms with E-state index in [1.54, 1.807) is 18.4 Å². The molecule has 1 saturated heterocycles. The molecule has 0 radical (unpaired) electrons. The smallest absolute Gasteiger partial charge is 0.318 e. The van der Waals surface area contributed by atoms with Crippen LogP contribution < -0.4 is 5.32 Å². The predicted molar refractivity (Wildman–Crippen MR) is 102 cm³/mol. The number of rotatable bonds is 6. The number of carbonyl (C=O) groups is 1. The van der Waals surface area contributed by atoms with E-state index in [9.17, 15) is 4.79 Å². The molecule has 0 bridgehead atoms. The van der Waals surface area contributed by atoms with Gasteiger partial charge in [-0.15, -0.1) is 11.3 Å². The lowest BCUT2D eigenvalue weighted by atomic mass is 9.83. The first kappa shape index (κ1) is 18.7. The summed E-state index contributed by atoms with van der Waals surface area (Å²) in [6, 6.07) is 4.55. The molecule has 3 rings (SSSR count). The lowest BCUT2D eigenvalue weighted by Gasteiger charge is -2.37. The summed E-state index contributed by atoms with van der Waals surface area (Å²) < 4.78 is 5.15. The van der Waals surface area contributed by atoms with Crippen LogP contribution >= 0.6 is 11.3 Å². The van der Waals surface area contributed by atoms with Crippen LogP contribution in [-0.2, 0) is 4.74 Å². The van der Waals surface area contributed by atoms with Gasteiger partial charge in [0.15, 0.2) is 0 Å². The zero-order valence-corrected chi connectivity index (χ0v) is 16.1. The van der Waals surface area contributed by atoms with Gasteiger partial charge in [-0.1, -0.05) is 25.3 Å². The molecule has 1 aromatic rings. The minimum Gasteiger partial charge on any atom is -0.383 e. The van der Waals surface area contributed by atoms with Crippen LogP contribution in [0.2, 0.25) is 0 Å². The fraction of sp³-hybridized carbons (Fsp3) is 0.737. The van der Waals surface area contributed by atoms with Crippen molar-refractivity contribution < 1.29 is 9.53 Å². The predicted octanol–water partition coefficient (Wildman–Crippen LogP) is 3.34. The molecule has 140 valence electrons. The van der Waals surface area contributed by atoms with Crippen molar-refractivity contribution in [2.24, 2.45) is 5.92 Å². The Morgan fingerprint density at radius 3 is 2.68 bits per heavy atom. The highest BCUT2D eigenvalue weighted by Gasteiger charge is 2.29. The van der Waals surface area contributed by atoms with Gasteiger partial charge in [0.1, 0.15) is 0 Å². The van der Waals surface area contributed by atoms with Crippen LogP contribution in [0.4, 0.5) is 4.79 Å². The van der Waals surface area contributed by atoms with E-state index >= 15 is 0 Å². The lowest BCUT2D eigenvalue weighted by molar-refractivity contribution is 0.104. The van der Waals surface area contributed by atoms with E-state index < -0.39 is 0 Å². The topological polar surface area (TPSA) is 44.8 Å². The molecule has 1 aliphatic heterocycles. The molecule has 1 N–H and O–H groups in total. The second-order valence-electron chi connectivity index (χ2n) is 7.16. The van der Waals surface area contributed by atoms with Crippen LogP contribution in [0.5, 0.6) is 0 Å². The Hall–Kier alpha value is -1.11. The van der Waals surface area contributed by atoms with E-state index in [4.69, 9.17) is 4.74 Å². The lowest BCUT2D eigenvalue weighted by Crippen LogP contribution is -2.53. The van der Waals surface area contributed by atoms with Crippen molar-refractivity contribution in [1.82, 2.24) is 15.1 Å². The van der Waals surface area contributed by atoms with Gasteiger partial charge in [-0.3, -0.25) is 4.90 Å². The highest BCUT2D eigenvalue weighted by Crippen LogP contribution is 2.36. The number of piperazine rings is 1. The zero-order valence-electron chi connectivity index (χ0n) is 15.3. The third-order valence-electron chi connectivity index (χ3n) is 5.52. The summed E-state index contributed by atoms with van der Waals surface area (Å²) in [7, 11) is 1.74. The molecule has 1 aromatic heterocycles. The van der Waals surface area contributed by atoms with Gasteiger partial charge >= 0.3 is 6.03 Å². The third-order valence-corrected chi connectivity index (χ3v) is 6.48. The molecule has 2 heterocycles. The summed E-state index contributed by atoms with van der Waals surface area (Å²) in [5.41, 5.74) is 0. The summed E-state index contributed by atoms with van der Waals surface area (Å²) in [5.74, 6) is 0.583. The Morgan fingerprint density at radius 1 is 1.28 bits per heavy atom. The van der Waals surface area contributed by atoms with Crippen LogP contribution in [0, 0.1) is 5.92 Å². The number of urea groups is 1. The largest absolute Gasteiger partial charge is 0.383 e. The van der Waals surface area contributed by atoms with Crippen molar-refractivity contribution in [3.63, 3.8) is 0 Å². The van der Waals surface area contributed by atoms with Gasteiger partial charge in [0, 0.05) is 44.7 Å². The van der Waals surface area contributed by atoms with Crippen molar-refractivity contribution in [3.05, 3.63) is 22.4 Å². The number of hydrogen-bond acceptors (Lipinski definition) is 4. The normalized spacial score (nSPS) is 21.2. The van der Waals surface area contributed by atoms with Gasteiger partial charge in [0.05, 0.1) is 12.6 Å². The second-order valence-corrected chi connectivity index (χ2v) is 8.14. The summed E-state index contributed by atoms with van der Waals surface area (Å²) >= 11 is 1.77. The quantitative estimate of drug-likeness (QED) is 0.841. The van der Waals surface area contributed by atoms with Gasteiger partial charge in [-0.05, 0) is 30.2 Å². The standard InChI is InChI=1S/C19H31N3O2S/c1-24-14-13-21-9-11-22(12-10-21)19(23)20-18(17-8-5-15-25-17)16-6-3-2-4-7-16/h5,8,15-16,18H,2-4,6-7,9-14H2,1H3,(H,20,23)/t18-/m1/s1. The highest BCUT2D eigenvalue weighted by atomic mass is 32.1. The van der Waals surface area contributed by atoms with E-state index in [-0.39, 0.29) is 12.1 Å². The number of amides is 2. The van der Waals surface area contributed by atoms with Gasteiger partial charge < -0.3 is 15.0 Å². The maximum Gasteiger partial charge on any atom is 0.318 e. The van der Waals surface area contributed by atoms with Crippen molar-refractivity contribution in [2.45, 2.75) is 38.1 Å². The first-order chi connectivity index (χ1) is 12.3. The Balaban J connectivity index is 1.55. The average Bonchev–Trinajstić information content (AvgIpc) is 3.20. The Kier molecular flexibility index (Phi) is 7.13. The van der Waals surface area contributed by atoms with Crippen LogP contribution in [0.1, 0.15) is 43.0 Å². The molecular weight excluding hydrogens is 334 g/mol. The number of methoxy groups -OCH3 is 1. The van der Waals surface area contributed by atoms with Gasteiger partial charge in [-0.2, -0.15) is 0 Å². The molecule has 1 saturated carbocycles. The SMILES string of the molecule is COCCN1CCN(C(=O)N[C@@H](c2cccs2)C2CCCCC2)CC1. The van der Waals surface area contributed by atoms with Crippen LogP contribution in [0.15, 0.2) is 17.5 Å². The molecule has 1 atom stereocenters. The molecule has 6 heteroatoms.